The fourth-order valence-electron chi connectivity index (χ4n) is 2.70. The van der Waals surface area contributed by atoms with Crippen LogP contribution in [0.1, 0.15) is 33.8 Å². The Balaban J connectivity index is 1.52. The molecule has 3 aromatic rings. The Morgan fingerprint density at radius 2 is 2.04 bits per heavy atom. The minimum absolute atomic E-state index is 0.0947. The summed E-state index contributed by atoms with van der Waals surface area (Å²) in [5.74, 6) is -0.248. The molecule has 0 saturated heterocycles. The topological polar surface area (TPSA) is 93.5 Å². The molecule has 0 fully saturated rings. The number of hydrogen-bond acceptors (Lipinski definition) is 5. The van der Waals surface area contributed by atoms with Gasteiger partial charge in [-0.2, -0.15) is 5.10 Å². The number of aryl methyl sites for hydroxylation is 2. The smallest absolute Gasteiger partial charge is 0.303 e. The molecule has 0 bridgehead atoms. The molecular weight excluding hydrogens is 366 g/mol. The number of carbonyl (C=O) groups excluding carboxylic acids is 1. The lowest BCUT2D eigenvalue weighted by molar-refractivity contribution is -0.137. The summed E-state index contributed by atoms with van der Waals surface area (Å²) in [6, 6.07) is 9.27. The van der Waals surface area contributed by atoms with Crippen LogP contribution in [0.4, 0.5) is 0 Å². The van der Waals surface area contributed by atoms with Gasteiger partial charge in [-0.25, -0.2) is 0 Å². The molecule has 2 aromatic heterocycles. The van der Waals surface area contributed by atoms with E-state index in [2.05, 4.69) is 10.4 Å². The summed E-state index contributed by atoms with van der Waals surface area (Å²) >= 11 is 1.43. The number of carboxylic acids is 1. The molecule has 0 aliphatic carbocycles. The third kappa shape index (κ3) is 4.65. The highest BCUT2D eigenvalue weighted by Crippen LogP contribution is 2.27. The maximum Gasteiger partial charge on any atom is 0.303 e. The highest BCUT2D eigenvalue weighted by molar-refractivity contribution is 7.20. The largest absolute Gasteiger partial charge is 0.494 e. The predicted molar refractivity (Wildman–Crippen MR) is 103 cm³/mol. The molecule has 3 rings (SSSR count). The van der Waals surface area contributed by atoms with Crippen molar-refractivity contribution in [1.29, 1.82) is 0 Å². The number of fused-ring (bicyclic) bond motifs is 1. The molecule has 0 aliphatic heterocycles. The number of nitrogens with zero attached hydrogens (tertiary/aromatic N) is 2. The van der Waals surface area contributed by atoms with Gasteiger partial charge >= 0.3 is 5.97 Å². The van der Waals surface area contributed by atoms with E-state index in [-0.39, 0.29) is 12.3 Å². The van der Waals surface area contributed by atoms with Gasteiger partial charge in [0.25, 0.3) is 5.91 Å². The van der Waals surface area contributed by atoms with Crippen LogP contribution >= 0.6 is 11.3 Å². The van der Waals surface area contributed by atoms with E-state index in [9.17, 15) is 9.59 Å². The number of amides is 1. The molecule has 0 spiro atoms. The lowest BCUT2D eigenvalue weighted by Gasteiger charge is -2.07. The molecule has 0 radical (unpaired) electrons. The molecule has 0 unspecified atom stereocenters. The van der Waals surface area contributed by atoms with Crippen molar-refractivity contribution in [2.45, 2.75) is 26.3 Å². The van der Waals surface area contributed by atoms with Crippen LogP contribution in [0, 0.1) is 6.92 Å². The van der Waals surface area contributed by atoms with Crippen LogP contribution < -0.4 is 10.1 Å². The lowest BCUT2D eigenvalue weighted by Crippen LogP contribution is -2.21. The molecule has 1 amide bonds. The standard InChI is InChI=1S/C19H21N3O4S/c1-12-15-10-16(27-19(15)22(2)21-12)18(25)20-11-13-5-7-14(8-6-13)26-9-3-4-17(23)24/h5-8,10H,3-4,9,11H2,1-2H3,(H,20,25)(H,23,24). The predicted octanol–water partition coefficient (Wildman–Crippen LogP) is 3.12. The first-order valence-electron chi connectivity index (χ1n) is 8.59. The number of benzene rings is 1. The summed E-state index contributed by atoms with van der Waals surface area (Å²) in [7, 11) is 1.87. The Bertz CT molecular complexity index is 925. The molecule has 0 saturated carbocycles. The Kier molecular flexibility index (Phi) is 5.75. The summed E-state index contributed by atoms with van der Waals surface area (Å²) in [5, 5.41) is 16.9. The van der Waals surface area contributed by atoms with Crippen molar-refractivity contribution in [2.24, 2.45) is 7.05 Å². The Morgan fingerprint density at radius 1 is 1.30 bits per heavy atom. The third-order valence-corrected chi connectivity index (χ3v) is 5.30. The second-order valence-corrected chi connectivity index (χ2v) is 7.24. The number of hydrogen-bond donors (Lipinski definition) is 2. The van der Waals surface area contributed by atoms with E-state index in [0.29, 0.717) is 30.2 Å². The van der Waals surface area contributed by atoms with Crippen LogP contribution in [0.25, 0.3) is 10.2 Å². The van der Waals surface area contributed by atoms with Crippen molar-refractivity contribution in [1.82, 2.24) is 15.1 Å². The zero-order valence-electron chi connectivity index (χ0n) is 15.2. The van der Waals surface area contributed by atoms with Crippen molar-refractivity contribution < 1.29 is 19.4 Å². The molecule has 27 heavy (non-hydrogen) atoms. The van der Waals surface area contributed by atoms with E-state index in [1.165, 1.54) is 11.3 Å². The third-order valence-electron chi connectivity index (χ3n) is 4.10. The maximum absolute atomic E-state index is 12.4. The van der Waals surface area contributed by atoms with Crippen LogP contribution in [0.2, 0.25) is 0 Å². The quantitative estimate of drug-likeness (QED) is 0.579. The first-order valence-corrected chi connectivity index (χ1v) is 9.40. The molecular formula is C19H21N3O4S. The summed E-state index contributed by atoms with van der Waals surface area (Å²) in [4.78, 5) is 24.5. The molecule has 7 nitrogen and oxygen atoms in total. The number of aromatic nitrogens is 2. The van der Waals surface area contributed by atoms with Gasteiger partial charge in [0.05, 0.1) is 17.2 Å². The molecule has 2 heterocycles. The molecule has 8 heteroatoms. The van der Waals surface area contributed by atoms with Gasteiger partial charge in [-0.1, -0.05) is 12.1 Å². The van der Waals surface area contributed by atoms with Crippen molar-refractivity contribution in [3.63, 3.8) is 0 Å². The van der Waals surface area contributed by atoms with Gasteiger partial charge in [-0.05, 0) is 37.1 Å². The van der Waals surface area contributed by atoms with Crippen molar-refractivity contribution >= 4 is 33.4 Å². The van der Waals surface area contributed by atoms with Crippen LogP contribution in [0.5, 0.6) is 5.75 Å². The monoisotopic (exact) mass is 387 g/mol. The fraction of sp³-hybridized carbons (Fsp3) is 0.316. The normalized spacial score (nSPS) is 10.9. The Morgan fingerprint density at radius 3 is 2.70 bits per heavy atom. The number of ether oxygens (including phenoxy) is 1. The van der Waals surface area contributed by atoms with Crippen LogP contribution in [-0.4, -0.2) is 33.4 Å². The molecule has 0 aliphatic rings. The average molecular weight is 387 g/mol. The van der Waals surface area contributed by atoms with Gasteiger partial charge < -0.3 is 15.2 Å². The highest BCUT2D eigenvalue weighted by Gasteiger charge is 2.14. The molecule has 1 aromatic carbocycles. The van der Waals surface area contributed by atoms with E-state index < -0.39 is 5.97 Å². The summed E-state index contributed by atoms with van der Waals surface area (Å²) in [5.41, 5.74) is 1.88. The second-order valence-electron chi connectivity index (χ2n) is 6.21. The van der Waals surface area contributed by atoms with Crippen LogP contribution in [0.3, 0.4) is 0 Å². The molecule has 142 valence electrons. The number of carbonyl (C=O) groups is 2. The minimum Gasteiger partial charge on any atom is -0.494 e. The van der Waals surface area contributed by atoms with E-state index in [1.807, 2.05) is 44.3 Å². The van der Waals surface area contributed by atoms with E-state index in [0.717, 1.165) is 21.5 Å². The number of thiophene rings is 1. The van der Waals surface area contributed by atoms with Gasteiger partial charge in [0.15, 0.2) is 0 Å². The zero-order valence-corrected chi connectivity index (χ0v) is 16.0. The first-order chi connectivity index (χ1) is 12.9. The van der Waals surface area contributed by atoms with Gasteiger partial charge in [0.1, 0.15) is 10.6 Å². The SMILES string of the molecule is Cc1nn(C)c2sc(C(=O)NCc3ccc(OCCCC(=O)O)cc3)cc12. The first kappa shape index (κ1) is 18.9. The van der Waals surface area contributed by atoms with Gasteiger partial charge in [0.2, 0.25) is 0 Å². The average Bonchev–Trinajstić information content (AvgIpc) is 3.19. The summed E-state index contributed by atoms with van der Waals surface area (Å²) in [6.07, 6.45) is 0.564. The van der Waals surface area contributed by atoms with Gasteiger partial charge in [-0.15, -0.1) is 11.3 Å². The van der Waals surface area contributed by atoms with E-state index >= 15 is 0 Å². The Hall–Kier alpha value is -2.87. The van der Waals surface area contributed by atoms with E-state index in [4.69, 9.17) is 9.84 Å². The van der Waals surface area contributed by atoms with Crippen molar-refractivity contribution in [3.05, 3.63) is 46.5 Å². The molecule has 0 atom stereocenters. The summed E-state index contributed by atoms with van der Waals surface area (Å²) < 4.78 is 7.29. The van der Waals surface area contributed by atoms with Crippen LogP contribution in [0.15, 0.2) is 30.3 Å². The fourth-order valence-corrected chi connectivity index (χ4v) is 3.74. The Labute approximate surface area is 160 Å². The van der Waals surface area contributed by atoms with Gasteiger partial charge in [-0.3, -0.25) is 14.3 Å². The number of carboxylic acid groups (broad SMARTS) is 1. The minimum atomic E-state index is -0.824. The van der Waals surface area contributed by atoms with E-state index in [1.54, 1.807) is 4.68 Å². The lowest BCUT2D eigenvalue weighted by atomic mass is 10.2. The van der Waals surface area contributed by atoms with Crippen molar-refractivity contribution in [3.8, 4) is 5.75 Å². The summed E-state index contributed by atoms with van der Waals surface area (Å²) in [6.45, 7) is 2.72. The number of rotatable bonds is 8. The zero-order chi connectivity index (χ0) is 19.4. The number of aliphatic carboxylic acids is 1. The maximum atomic E-state index is 12.4. The van der Waals surface area contributed by atoms with Crippen molar-refractivity contribution in [2.75, 3.05) is 6.61 Å². The van der Waals surface area contributed by atoms with Crippen LogP contribution in [-0.2, 0) is 18.4 Å². The van der Waals surface area contributed by atoms with Gasteiger partial charge in [0, 0.05) is 25.4 Å². The highest BCUT2D eigenvalue weighted by atomic mass is 32.1. The second kappa shape index (κ2) is 8.22. The number of nitrogens with one attached hydrogen (secondary N) is 1. The molecule has 2 N–H and O–H groups in total.